The van der Waals surface area contributed by atoms with Gasteiger partial charge in [0, 0.05) is 23.8 Å². The summed E-state index contributed by atoms with van der Waals surface area (Å²) in [7, 11) is 1.29. The van der Waals surface area contributed by atoms with E-state index in [4.69, 9.17) is 4.74 Å². The Morgan fingerprint density at radius 1 is 1.08 bits per heavy atom. The molecule has 0 spiro atoms. The maximum Gasteiger partial charge on any atom is 0.311 e. The number of hydrogen-bond donors (Lipinski definition) is 1. The summed E-state index contributed by atoms with van der Waals surface area (Å²) in [5, 5.41) is 24.3. The van der Waals surface area contributed by atoms with Gasteiger partial charge in [0.1, 0.15) is 0 Å². The Morgan fingerprint density at radius 3 is 2.38 bits per heavy atom. The number of rotatable bonds is 5. The van der Waals surface area contributed by atoms with Gasteiger partial charge in [0.25, 0.3) is 11.6 Å². The molecule has 2 aromatic carbocycles. The van der Waals surface area contributed by atoms with Gasteiger partial charge in [0.2, 0.25) is 0 Å². The van der Waals surface area contributed by atoms with Crippen molar-refractivity contribution in [2.45, 2.75) is 6.92 Å². The summed E-state index contributed by atoms with van der Waals surface area (Å²) >= 11 is 0. The molecule has 0 aliphatic heterocycles. The molecule has 9 nitrogen and oxygen atoms in total. The highest BCUT2D eigenvalue weighted by Crippen LogP contribution is 2.28. The second-order valence-corrected chi connectivity index (χ2v) is 4.85. The fourth-order valence-corrected chi connectivity index (χ4v) is 2.03. The van der Waals surface area contributed by atoms with Crippen LogP contribution in [0.3, 0.4) is 0 Å². The molecular formula is C15H13N3O6. The molecule has 0 heterocycles. The zero-order valence-electron chi connectivity index (χ0n) is 12.8. The first-order valence-corrected chi connectivity index (χ1v) is 6.72. The molecule has 1 N–H and O–H groups in total. The van der Waals surface area contributed by atoms with Crippen LogP contribution in [0.15, 0.2) is 36.4 Å². The third kappa shape index (κ3) is 3.46. The van der Waals surface area contributed by atoms with E-state index < -0.39 is 15.8 Å². The van der Waals surface area contributed by atoms with Gasteiger partial charge in [-0.2, -0.15) is 0 Å². The van der Waals surface area contributed by atoms with E-state index in [-0.39, 0.29) is 28.4 Å². The molecule has 0 saturated carbocycles. The number of aryl methyl sites for hydroxylation is 1. The minimum atomic E-state index is -0.659. The van der Waals surface area contributed by atoms with Crippen LogP contribution in [0.25, 0.3) is 0 Å². The van der Waals surface area contributed by atoms with Crippen molar-refractivity contribution < 1.29 is 19.4 Å². The van der Waals surface area contributed by atoms with Gasteiger partial charge >= 0.3 is 5.69 Å². The minimum absolute atomic E-state index is 0.0306. The van der Waals surface area contributed by atoms with Crippen LogP contribution in [-0.4, -0.2) is 22.9 Å². The van der Waals surface area contributed by atoms with E-state index in [1.54, 1.807) is 6.92 Å². The van der Waals surface area contributed by atoms with E-state index in [1.807, 2.05) is 0 Å². The number of anilines is 1. The first-order chi connectivity index (χ1) is 11.3. The summed E-state index contributed by atoms with van der Waals surface area (Å²) in [5.74, 6) is -0.590. The van der Waals surface area contributed by atoms with Crippen molar-refractivity contribution in [3.8, 4) is 5.75 Å². The summed E-state index contributed by atoms with van der Waals surface area (Å²) in [6.07, 6.45) is 0. The first kappa shape index (κ1) is 16.9. The highest BCUT2D eigenvalue weighted by molar-refractivity contribution is 6.05. The molecule has 124 valence electrons. The normalized spacial score (nSPS) is 10.1. The summed E-state index contributed by atoms with van der Waals surface area (Å²) in [6.45, 7) is 1.68. The van der Waals surface area contributed by atoms with Crippen molar-refractivity contribution in [1.82, 2.24) is 0 Å². The zero-order chi connectivity index (χ0) is 17.9. The van der Waals surface area contributed by atoms with Crippen LogP contribution >= 0.6 is 0 Å². The van der Waals surface area contributed by atoms with Crippen LogP contribution in [0.2, 0.25) is 0 Å². The average molecular weight is 331 g/mol. The molecular weight excluding hydrogens is 318 g/mol. The second-order valence-electron chi connectivity index (χ2n) is 4.85. The molecule has 0 aromatic heterocycles. The number of carbonyl (C=O) groups excluding carboxylic acids is 1. The molecule has 0 bridgehead atoms. The molecule has 0 fully saturated rings. The number of methoxy groups -OCH3 is 1. The number of hydrogen-bond acceptors (Lipinski definition) is 6. The number of non-ortho nitro benzene ring substituents is 1. The smallest absolute Gasteiger partial charge is 0.311 e. The number of amides is 1. The second kappa shape index (κ2) is 6.73. The third-order valence-corrected chi connectivity index (χ3v) is 3.32. The van der Waals surface area contributed by atoms with Crippen molar-refractivity contribution in [3.05, 3.63) is 67.8 Å². The highest BCUT2D eigenvalue weighted by Gasteiger charge is 2.19. The van der Waals surface area contributed by atoms with Crippen molar-refractivity contribution in [3.63, 3.8) is 0 Å². The fourth-order valence-electron chi connectivity index (χ4n) is 2.03. The lowest BCUT2D eigenvalue weighted by Gasteiger charge is -2.09. The number of carbonyl (C=O) groups is 1. The number of nitro groups is 2. The summed E-state index contributed by atoms with van der Waals surface area (Å²) in [6, 6.07) is 7.82. The van der Waals surface area contributed by atoms with Crippen LogP contribution in [-0.2, 0) is 0 Å². The number of nitrogens with one attached hydrogen (secondary N) is 1. The van der Waals surface area contributed by atoms with E-state index in [0.29, 0.717) is 5.56 Å². The van der Waals surface area contributed by atoms with Crippen LogP contribution in [0.5, 0.6) is 5.75 Å². The van der Waals surface area contributed by atoms with Crippen LogP contribution in [0.4, 0.5) is 17.1 Å². The summed E-state index contributed by atoms with van der Waals surface area (Å²) in [4.78, 5) is 32.9. The van der Waals surface area contributed by atoms with Gasteiger partial charge in [-0.15, -0.1) is 0 Å². The Labute approximate surface area is 136 Å². The molecule has 24 heavy (non-hydrogen) atoms. The largest absolute Gasteiger partial charge is 0.490 e. The highest BCUT2D eigenvalue weighted by atomic mass is 16.6. The molecule has 2 rings (SSSR count). The van der Waals surface area contributed by atoms with E-state index in [9.17, 15) is 25.0 Å². The Morgan fingerprint density at radius 2 is 1.79 bits per heavy atom. The average Bonchev–Trinajstić information content (AvgIpc) is 2.55. The molecule has 9 heteroatoms. The fraction of sp³-hybridized carbons (Fsp3) is 0.133. The Hall–Kier alpha value is -3.49. The first-order valence-electron chi connectivity index (χ1n) is 6.72. The Kier molecular flexibility index (Phi) is 4.73. The van der Waals surface area contributed by atoms with E-state index in [0.717, 1.165) is 6.07 Å². The quantitative estimate of drug-likeness (QED) is 0.663. The van der Waals surface area contributed by atoms with Crippen LogP contribution in [0, 0.1) is 27.2 Å². The monoisotopic (exact) mass is 331 g/mol. The maximum atomic E-state index is 12.3. The molecule has 0 saturated heterocycles. The van der Waals surface area contributed by atoms with Gasteiger partial charge < -0.3 is 10.1 Å². The number of ether oxygens (including phenoxy) is 1. The molecule has 0 aliphatic rings. The lowest BCUT2D eigenvalue weighted by Crippen LogP contribution is -2.13. The minimum Gasteiger partial charge on any atom is -0.490 e. The van der Waals surface area contributed by atoms with Gasteiger partial charge in [0.05, 0.1) is 22.6 Å². The van der Waals surface area contributed by atoms with Crippen LogP contribution in [0.1, 0.15) is 15.9 Å². The number of benzene rings is 2. The zero-order valence-corrected chi connectivity index (χ0v) is 12.8. The lowest BCUT2D eigenvalue weighted by molar-refractivity contribution is -0.385. The molecule has 0 radical (unpaired) electrons. The summed E-state index contributed by atoms with van der Waals surface area (Å²) in [5.41, 5.74) is 0.399. The van der Waals surface area contributed by atoms with E-state index in [1.165, 1.54) is 37.4 Å². The number of nitrogens with zero attached hydrogens (tertiary/aromatic N) is 2. The van der Waals surface area contributed by atoms with E-state index in [2.05, 4.69) is 5.32 Å². The molecule has 1 amide bonds. The molecule has 0 unspecified atom stereocenters. The third-order valence-electron chi connectivity index (χ3n) is 3.32. The van der Waals surface area contributed by atoms with E-state index >= 15 is 0 Å². The number of nitro benzene ring substituents is 2. The molecule has 0 aliphatic carbocycles. The van der Waals surface area contributed by atoms with Crippen molar-refractivity contribution in [2.24, 2.45) is 0 Å². The van der Waals surface area contributed by atoms with Gasteiger partial charge in [-0.3, -0.25) is 25.0 Å². The molecule has 2 aromatic rings. The lowest BCUT2D eigenvalue weighted by atomic mass is 10.1. The van der Waals surface area contributed by atoms with Crippen molar-refractivity contribution in [1.29, 1.82) is 0 Å². The Bertz CT molecular complexity index is 834. The standard InChI is InChI=1S/C15H13N3O6/c1-9-3-5-11(17(20)21)8-12(9)16-15(19)10-4-6-14(24-2)13(7-10)18(22)23/h3-8H,1-2H3,(H,16,19). The van der Waals surface area contributed by atoms with Crippen LogP contribution < -0.4 is 10.1 Å². The molecule has 0 atom stereocenters. The predicted octanol–water partition coefficient (Wildman–Crippen LogP) is 3.07. The van der Waals surface area contributed by atoms with Crippen molar-refractivity contribution in [2.75, 3.05) is 12.4 Å². The Balaban J connectivity index is 2.34. The topological polar surface area (TPSA) is 125 Å². The van der Waals surface area contributed by atoms with Gasteiger partial charge in [-0.1, -0.05) is 6.07 Å². The van der Waals surface area contributed by atoms with Gasteiger partial charge in [-0.25, -0.2) is 0 Å². The van der Waals surface area contributed by atoms with Gasteiger partial charge in [-0.05, 0) is 24.6 Å². The summed E-state index contributed by atoms with van der Waals surface area (Å²) < 4.78 is 4.87. The van der Waals surface area contributed by atoms with Gasteiger partial charge in [0.15, 0.2) is 5.75 Å². The van der Waals surface area contributed by atoms with Crippen molar-refractivity contribution >= 4 is 23.0 Å². The maximum absolute atomic E-state index is 12.3. The predicted molar refractivity (Wildman–Crippen MR) is 85.4 cm³/mol. The SMILES string of the molecule is COc1ccc(C(=O)Nc2cc([N+](=O)[O-])ccc2C)cc1[N+](=O)[O-].